The fraction of sp³-hybridized carbons (Fsp3) is 0.684. The number of nitrogens with zero attached hydrogens (tertiary/aromatic N) is 2. The first-order chi connectivity index (χ1) is 12.0. The molecule has 1 aliphatic heterocycles. The number of likely N-dealkylation sites (tertiary alicyclic amines) is 1. The van der Waals surface area contributed by atoms with Crippen LogP contribution in [0.3, 0.4) is 0 Å². The number of hydrogen-bond acceptors (Lipinski definition) is 3. The van der Waals surface area contributed by atoms with Crippen molar-refractivity contribution < 1.29 is 22.7 Å². The Morgan fingerprint density at radius 2 is 2.00 bits per heavy atom. The van der Waals surface area contributed by atoms with Crippen molar-refractivity contribution in [3.8, 4) is 0 Å². The lowest BCUT2D eigenvalue weighted by Gasteiger charge is -2.36. The molecule has 0 bridgehead atoms. The van der Waals surface area contributed by atoms with E-state index >= 15 is 0 Å². The molecule has 0 radical (unpaired) electrons. The normalized spacial score (nSPS) is 25.6. The third-order valence-corrected chi connectivity index (χ3v) is 5.05. The first kappa shape index (κ1) is 19.0. The van der Waals surface area contributed by atoms with Crippen molar-refractivity contribution >= 4 is 6.09 Å². The summed E-state index contributed by atoms with van der Waals surface area (Å²) >= 11 is 0. The average Bonchev–Trinajstić information content (AvgIpc) is 3.28. The number of alkyl halides is 3. The zero-order valence-corrected chi connectivity index (χ0v) is 15.3. The number of fused-ring (bicyclic) bond motifs is 1. The number of piperidine rings is 1. The summed E-state index contributed by atoms with van der Waals surface area (Å²) in [5.41, 5.74) is -1.24. The van der Waals surface area contributed by atoms with Crippen molar-refractivity contribution in [1.82, 2.24) is 9.88 Å². The minimum absolute atomic E-state index is 0.0436. The molecule has 0 aromatic carbocycles. The minimum Gasteiger partial charge on any atom is -0.444 e. The molecule has 3 rings (SSSR count). The second-order valence-corrected chi connectivity index (χ2v) is 8.31. The predicted molar refractivity (Wildman–Crippen MR) is 90.5 cm³/mol. The number of aryl methyl sites for hydroxylation is 1. The monoisotopic (exact) mass is 370 g/mol. The molecular formula is C19H25F3N2O2. The summed E-state index contributed by atoms with van der Waals surface area (Å²) in [5, 5.41) is 0. The molecule has 1 saturated heterocycles. The van der Waals surface area contributed by atoms with Gasteiger partial charge in [-0.15, -0.1) is 0 Å². The number of carbonyl (C=O) groups excluding carboxylic acids is 1. The first-order valence-corrected chi connectivity index (χ1v) is 9.05. The highest BCUT2D eigenvalue weighted by Gasteiger charge is 2.47. The van der Waals surface area contributed by atoms with Crippen LogP contribution < -0.4 is 0 Å². The van der Waals surface area contributed by atoms with Gasteiger partial charge in [0.2, 0.25) is 0 Å². The summed E-state index contributed by atoms with van der Waals surface area (Å²) in [6, 6.07) is 2.26. The zero-order valence-electron chi connectivity index (χ0n) is 15.3. The van der Waals surface area contributed by atoms with Crippen molar-refractivity contribution in [1.29, 1.82) is 0 Å². The summed E-state index contributed by atoms with van der Waals surface area (Å²) in [4.78, 5) is 18.2. The Labute approximate surface area is 151 Å². The van der Waals surface area contributed by atoms with Gasteiger partial charge in [0, 0.05) is 18.8 Å². The fourth-order valence-corrected chi connectivity index (χ4v) is 3.72. The van der Waals surface area contributed by atoms with Gasteiger partial charge in [0.05, 0.1) is 11.3 Å². The molecule has 0 unspecified atom stereocenters. The van der Waals surface area contributed by atoms with Crippen LogP contribution in [0.15, 0.2) is 18.3 Å². The van der Waals surface area contributed by atoms with Crippen LogP contribution in [0.1, 0.15) is 51.3 Å². The van der Waals surface area contributed by atoms with E-state index in [9.17, 15) is 18.0 Å². The maximum atomic E-state index is 13.1. The molecule has 0 spiro atoms. The maximum absolute atomic E-state index is 13.1. The quantitative estimate of drug-likeness (QED) is 0.776. The first-order valence-electron chi connectivity index (χ1n) is 9.05. The smallest absolute Gasteiger partial charge is 0.418 e. The molecule has 4 nitrogen and oxygen atoms in total. The van der Waals surface area contributed by atoms with Crippen molar-refractivity contribution in [3.05, 3.63) is 29.6 Å². The number of ether oxygens (including phenoxy) is 1. The van der Waals surface area contributed by atoms with E-state index in [1.54, 1.807) is 4.90 Å². The summed E-state index contributed by atoms with van der Waals surface area (Å²) in [5.74, 6) is 1.10. The van der Waals surface area contributed by atoms with Crippen LogP contribution in [-0.2, 0) is 17.3 Å². The molecule has 1 aromatic rings. The Bertz CT molecular complexity index is 669. The number of carbonyl (C=O) groups is 1. The molecule has 144 valence electrons. The largest absolute Gasteiger partial charge is 0.444 e. The summed E-state index contributed by atoms with van der Waals surface area (Å²) < 4.78 is 44.9. The van der Waals surface area contributed by atoms with Gasteiger partial charge >= 0.3 is 12.3 Å². The molecule has 7 heteroatoms. The number of rotatable bonds is 3. The van der Waals surface area contributed by atoms with E-state index in [4.69, 9.17) is 4.74 Å². The van der Waals surface area contributed by atoms with Gasteiger partial charge < -0.3 is 9.64 Å². The number of halogens is 3. The Morgan fingerprint density at radius 1 is 1.27 bits per heavy atom. The Hall–Kier alpha value is -1.79. The molecule has 0 N–H and O–H groups in total. The highest BCUT2D eigenvalue weighted by atomic mass is 19.4. The van der Waals surface area contributed by atoms with Crippen molar-refractivity contribution in [2.24, 2.45) is 11.8 Å². The van der Waals surface area contributed by atoms with Gasteiger partial charge in [0.25, 0.3) is 0 Å². The van der Waals surface area contributed by atoms with Gasteiger partial charge in [-0.3, -0.25) is 4.98 Å². The predicted octanol–water partition coefficient (Wildman–Crippen LogP) is 4.68. The van der Waals surface area contributed by atoms with Gasteiger partial charge in [0.15, 0.2) is 0 Å². The highest BCUT2D eigenvalue weighted by molar-refractivity contribution is 5.69. The van der Waals surface area contributed by atoms with Crippen LogP contribution in [0, 0.1) is 11.8 Å². The van der Waals surface area contributed by atoms with Crippen LogP contribution in [0.25, 0.3) is 0 Å². The van der Waals surface area contributed by atoms with E-state index in [-0.39, 0.29) is 24.2 Å². The van der Waals surface area contributed by atoms with Crippen LogP contribution >= 0.6 is 0 Å². The molecular weight excluding hydrogens is 345 g/mol. The summed E-state index contributed by atoms with van der Waals surface area (Å²) in [6.07, 6.45) is -0.827. The van der Waals surface area contributed by atoms with Crippen LogP contribution in [0.5, 0.6) is 0 Å². The van der Waals surface area contributed by atoms with E-state index in [0.29, 0.717) is 24.8 Å². The summed E-state index contributed by atoms with van der Waals surface area (Å²) in [7, 11) is 0. The van der Waals surface area contributed by atoms with Crippen LogP contribution in [0.2, 0.25) is 0 Å². The lowest BCUT2D eigenvalue weighted by molar-refractivity contribution is -0.138. The van der Waals surface area contributed by atoms with E-state index in [1.165, 1.54) is 12.3 Å². The SMILES string of the molecule is CC(C)(C)OC(=O)N1C[C@@H]2C[C@@H]2C[C@H]1CCc1ncccc1C(F)(F)F. The molecule has 26 heavy (non-hydrogen) atoms. The van der Waals surface area contributed by atoms with Gasteiger partial charge in [-0.05, 0) is 70.4 Å². The third-order valence-electron chi connectivity index (χ3n) is 5.05. The second-order valence-electron chi connectivity index (χ2n) is 8.31. The maximum Gasteiger partial charge on any atom is 0.418 e. The van der Waals surface area contributed by atoms with Gasteiger partial charge in [-0.25, -0.2) is 4.79 Å². The Morgan fingerprint density at radius 3 is 2.65 bits per heavy atom. The molecule has 1 amide bonds. The standard InChI is InChI=1S/C19H25F3N2O2/c1-18(2,3)26-17(25)24-11-13-9-12(13)10-14(24)6-7-16-15(19(20,21)22)5-4-8-23-16/h4-5,8,12-14H,6-7,9-11H2,1-3H3/t12-,13+,14-/m1/s1. The average molecular weight is 370 g/mol. The number of pyridine rings is 1. The third kappa shape index (κ3) is 4.48. The molecule has 3 atom stereocenters. The van der Waals surface area contributed by atoms with Crippen LogP contribution in [-0.4, -0.2) is 34.2 Å². The van der Waals surface area contributed by atoms with Crippen molar-refractivity contribution in [3.63, 3.8) is 0 Å². The zero-order chi connectivity index (χ0) is 19.1. The number of hydrogen-bond donors (Lipinski definition) is 0. The second kappa shape index (κ2) is 6.74. The summed E-state index contributed by atoms with van der Waals surface area (Å²) in [6.45, 7) is 6.08. The molecule has 2 fully saturated rings. The van der Waals surface area contributed by atoms with E-state index in [2.05, 4.69) is 4.98 Å². The highest BCUT2D eigenvalue weighted by Crippen LogP contribution is 2.48. The molecule has 2 heterocycles. The van der Waals surface area contributed by atoms with Gasteiger partial charge in [-0.1, -0.05) is 0 Å². The van der Waals surface area contributed by atoms with Crippen molar-refractivity contribution in [2.45, 2.75) is 64.3 Å². The molecule has 1 aliphatic carbocycles. The number of aromatic nitrogens is 1. The van der Waals surface area contributed by atoms with Gasteiger partial charge in [-0.2, -0.15) is 13.2 Å². The van der Waals surface area contributed by atoms with E-state index in [0.717, 1.165) is 18.9 Å². The van der Waals surface area contributed by atoms with Crippen molar-refractivity contribution in [2.75, 3.05) is 6.54 Å². The molecule has 1 saturated carbocycles. The minimum atomic E-state index is -4.41. The lowest BCUT2D eigenvalue weighted by Crippen LogP contribution is -2.47. The topological polar surface area (TPSA) is 42.4 Å². The number of amides is 1. The van der Waals surface area contributed by atoms with Gasteiger partial charge in [0.1, 0.15) is 5.60 Å². The Kier molecular flexibility index (Phi) is 4.92. The molecule has 2 aliphatic rings. The van der Waals surface area contributed by atoms with E-state index in [1.807, 2.05) is 20.8 Å². The van der Waals surface area contributed by atoms with Crippen LogP contribution in [0.4, 0.5) is 18.0 Å². The fourth-order valence-electron chi connectivity index (χ4n) is 3.72. The van der Waals surface area contributed by atoms with E-state index < -0.39 is 17.3 Å². The Balaban J connectivity index is 1.70. The lowest BCUT2D eigenvalue weighted by atomic mass is 9.96. The molecule has 1 aromatic heterocycles.